The molecule has 2 aromatic carbocycles. The van der Waals surface area contributed by atoms with Crippen molar-refractivity contribution in [2.24, 2.45) is 0 Å². The molecule has 140 valence electrons. The maximum Gasteiger partial charge on any atom is 0.330 e. The zero-order valence-electron chi connectivity index (χ0n) is 15.9. The number of carbonyl (C=O) groups excluding carboxylic acids is 1. The first-order valence-electron chi connectivity index (χ1n) is 8.73. The van der Waals surface area contributed by atoms with Crippen molar-refractivity contribution < 1.29 is 9.53 Å². The Labute approximate surface area is 159 Å². The molecule has 6 nitrogen and oxygen atoms in total. The summed E-state index contributed by atoms with van der Waals surface area (Å²) in [4.78, 5) is 20.8. The molecule has 0 radical (unpaired) electrons. The van der Waals surface area contributed by atoms with Crippen LogP contribution in [0.15, 0.2) is 67.3 Å². The molecule has 0 N–H and O–H groups in total. The third-order valence-corrected chi connectivity index (χ3v) is 4.33. The van der Waals surface area contributed by atoms with Gasteiger partial charge in [0.05, 0.1) is 7.11 Å². The van der Waals surface area contributed by atoms with Gasteiger partial charge in [-0.2, -0.15) is 0 Å². The third-order valence-electron chi connectivity index (χ3n) is 4.33. The van der Waals surface area contributed by atoms with Crippen molar-refractivity contribution in [2.45, 2.75) is 13.1 Å². The van der Waals surface area contributed by atoms with E-state index in [1.807, 2.05) is 38.4 Å². The van der Waals surface area contributed by atoms with E-state index in [9.17, 15) is 4.79 Å². The molecular weight excluding hydrogens is 340 g/mol. The van der Waals surface area contributed by atoms with Gasteiger partial charge in [0, 0.05) is 45.3 Å². The normalized spacial score (nSPS) is 10.5. The Balaban J connectivity index is 1.83. The molecule has 6 heteroatoms. The molecule has 0 fully saturated rings. The average Bonchev–Trinajstić information content (AvgIpc) is 3.22. The van der Waals surface area contributed by atoms with Gasteiger partial charge >= 0.3 is 6.03 Å². The Hall–Kier alpha value is -3.28. The number of hydrogen-bond acceptors (Lipinski definition) is 4. The van der Waals surface area contributed by atoms with Gasteiger partial charge in [0.1, 0.15) is 12.1 Å². The first-order valence-corrected chi connectivity index (χ1v) is 8.73. The lowest BCUT2D eigenvalue weighted by atomic mass is 10.1. The van der Waals surface area contributed by atoms with Gasteiger partial charge in [0.15, 0.2) is 0 Å². The van der Waals surface area contributed by atoms with Crippen molar-refractivity contribution >= 4 is 11.7 Å². The molecule has 0 atom stereocenters. The number of carbonyl (C=O) groups is 1. The molecule has 0 spiro atoms. The molecule has 0 aliphatic carbocycles. The van der Waals surface area contributed by atoms with Gasteiger partial charge in [-0.1, -0.05) is 24.3 Å². The first kappa shape index (κ1) is 18.5. The second-order valence-corrected chi connectivity index (χ2v) is 6.52. The highest BCUT2D eigenvalue weighted by Crippen LogP contribution is 2.18. The van der Waals surface area contributed by atoms with Gasteiger partial charge in [-0.3, -0.25) is 4.57 Å². The van der Waals surface area contributed by atoms with Crippen LogP contribution in [0.4, 0.5) is 10.5 Å². The Kier molecular flexibility index (Phi) is 5.76. The number of ether oxygens (including phenoxy) is 1. The van der Waals surface area contributed by atoms with Crippen molar-refractivity contribution in [1.82, 2.24) is 14.5 Å². The van der Waals surface area contributed by atoms with E-state index in [-0.39, 0.29) is 6.03 Å². The van der Waals surface area contributed by atoms with Crippen molar-refractivity contribution in [2.75, 3.05) is 26.1 Å². The SMILES string of the molecule is COc1cccc(CN(Cc2ccc(N(C)C)cc2)C(=O)n2ccnc2)c1. The van der Waals surface area contributed by atoms with Crippen LogP contribution in [0.25, 0.3) is 0 Å². The molecule has 27 heavy (non-hydrogen) atoms. The predicted molar refractivity (Wildman–Crippen MR) is 106 cm³/mol. The van der Waals surface area contributed by atoms with Crippen LogP contribution >= 0.6 is 0 Å². The number of amides is 1. The molecule has 1 aromatic heterocycles. The minimum atomic E-state index is -0.119. The fourth-order valence-corrected chi connectivity index (χ4v) is 2.84. The summed E-state index contributed by atoms with van der Waals surface area (Å²) in [6.45, 7) is 0.978. The molecule has 0 aliphatic rings. The number of hydrogen-bond donors (Lipinski definition) is 0. The third kappa shape index (κ3) is 4.67. The quantitative estimate of drug-likeness (QED) is 0.670. The monoisotopic (exact) mass is 364 g/mol. The number of methoxy groups -OCH3 is 1. The standard InChI is InChI=1S/C21H24N4O2/c1-23(2)19-9-7-17(8-10-19)14-25(21(26)24-12-11-22-16-24)15-18-5-4-6-20(13-18)27-3/h4-13,16H,14-15H2,1-3H3. The maximum absolute atomic E-state index is 13.0. The molecule has 0 aliphatic heterocycles. The number of benzene rings is 2. The Morgan fingerprint density at radius 3 is 2.44 bits per heavy atom. The maximum atomic E-state index is 13.0. The number of nitrogens with zero attached hydrogens (tertiary/aromatic N) is 4. The van der Waals surface area contributed by atoms with Crippen LogP contribution in [0.1, 0.15) is 11.1 Å². The Morgan fingerprint density at radius 2 is 1.81 bits per heavy atom. The summed E-state index contributed by atoms with van der Waals surface area (Å²) in [5, 5.41) is 0. The van der Waals surface area contributed by atoms with Crippen molar-refractivity contribution in [3.05, 3.63) is 78.4 Å². The smallest absolute Gasteiger partial charge is 0.330 e. The second kappa shape index (κ2) is 8.40. The highest BCUT2D eigenvalue weighted by Gasteiger charge is 2.17. The molecule has 1 amide bonds. The molecule has 0 saturated carbocycles. The summed E-state index contributed by atoms with van der Waals surface area (Å²) in [6, 6.07) is 15.9. The molecule has 1 heterocycles. The molecular formula is C21H24N4O2. The average molecular weight is 364 g/mol. The fraction of sp³-hybridized carbons (Fsp3) is 0.238. The molecule has 3 rings (SSSR count). The van der Waals surface area contributed by atoms with E-state index in [2.05, 4.69) is 34.1 Å². The van der Waals surface area contributed by atoms with E-state index in [1.54, 1.807) is 24.4 Å². The van der Waals surface area contributed by atoms with Crippen LogP contribution in [-0.4, -0.2) is 41.7 Å². The van der Waals surface area contributed by atoms with Crippen molar-refractivity contribution in [1.29, 1.82) is 0 Å². The van der Waals surface area contributed by atoms with E-state index >= 15 is 0 Å². The van der Waals surface area contributed by atoms with E-state index < -0.39 is 0 Å². The highest BCUT2D eigenvalue weighted by atomic mass is 16.5. The minimum absolute atomic E-state index is 0.119. The summed E-state index contributed by atoms with van der Waals surface area (Å²) in [5.74, 6) is 0.776. The zero-order valence-corrected chi connectivity index (χ0v) is 15.9. The van der Waals surface area contributed by atoms with E-state index in [0.29, 0.717) is 13.1 Å². The number of rotatable bonds is 6. The van der Waals surface area contributed by atoms with Gasteiger partial charge in [0.2, 0.25) is 0 Å². The summed E-state index contributed by atoms with van der Waals surface area (Å²) in [6.07, 6.45) is 4.79. The van der Waals surface area contributed by atoms with E-state index in [0.717, 1.165) is 22.6 Å². The topological polar surface area (TPSA) is 50.6 Å². The Bertz CT molecular complexity index is 873. The molecule has 0 unspecified atom stereocenters. The lowest BCUT2D eigenvalue weighted by molar-refractivity contribution is 0.194. The summed E-state index contributed by atoms with van der Waals surface area (Å²) < 4.78 is 6.79. The van der Waals surface area contributed by atoms with Crippen LogP contribution in [0, 0.1) is 0 Å². The van der Waals surface area contributed by atoms with Crippen molar-refractivity contribution in [3.63, 3.8) is 0 Å². The molecule has 3 aromatic rings. The molecule has 0 saturated heterocycles. The zero-order chi connectivity index (χ0) is 19.2. The second-order valence-electron chi connectivity index (χ2n) is 6.52. The first-order chi connectivity index (χ1) is 13.1. The van der Waals surface area contributed by atoms with Gasteiger partial charge in [0.25, 0.3) is 0 Å². The summed E-state index contributed by atoms with van der Waals surface area (Å²) >= 11 is 0. The lowest BCUT2D eigenvalue weighted by Gasteiger charge is -2.23. The molecule has 0 bridgehead atoms. The summed E-state index contributed by atoms with van der Waals surface area (Å²) in [7, 11) is 5.65. The van der Waals surface area contributed by atoms with Gasteiger partial charge in [-0.05, 0) is 35.4 Å². The highest BCUT2D eigenvalue weighted by molar-refractivity contribution is 5.76. The minimum Gasteiger partial charge on any atom is -0.497 e. The van der Waals surface area contributed by atoms with Crippen LogP contribution in [0.5, 0.6) is 5.75 Å². The summed E-state index contributed by atoms with van der Waals surface area (Å²) in [5.41, 5.74) is 3.20. The van der Waals surface area contributed by atoms with Crippen LogP contribution in [0.3, 0.4) is 0 Å². The van der Waals surface area contributed by atoms with E-state index in [4.69, 9.17) is 4.74 Å². The van der Waals surface area contributed by atoms with Crippen LogP contribution in [0.2, 0.25) is 0 Å². The van der Waals surface area contributed by atoms with Crippen molar-refractivity contribution in [3.8, 4) is 5.75 Å². The van der Waals surface area contributed by atoms with Gasteiger partial charge in [-0.25, -0.2) is 9.78 Å². The lowest BCUT2D eigenvalue weighted by Crippen LogP contribution is -2.33. The van der Waals surface area contributed by atoms with Crippen LogP contribution in [-0.2, 0) is 13.1 Å². The number of aromatic nitrogens is 2. The number of imidazole rings is 1. The largest absolute Gasteiger partial charge is 0.497 e. The van der Waals surface area contributed by atoms with Gasteiger partial charge in [-0.15, -0.1) is 0 Å². The fourth-order valence-electron chi connectivity index (χ4n) is 2.84. The Morgan fingerprint density at radius 1 is 1.07 bits per heavy atom. The van der Waals surface area contributed by atoms with E-state index in [1.165, 1.54) is 10.9 Å². The predicted octanol–water partition coefficient (Wildman–Crippen LogP) is 3.63. The number of anilines is 1. The van der Waals surface area contributed by atoms with Gasteiger partial charge < -0.3 is 14.5 Å². The van der Waals surface area contributed by atoms with Crippen LogP contribution < -0.4 is 9.64 Å².